The lowest BCUT2D eigenvalue weighted by Gasteiger charge is -2.24. The van der Waals surface area contributed by atoms with Gasteiger partial charge in [-0.1, -0.05) is 6.42 Å². The summed E-state index contributed by atoms with van der Waals surface area (Å²) in [4.78, 5) is 46.8. The third kappa shape index (κ3) is 7.30. The van der Waals surface area contributed by atoms with Gasteiger partial charge in [0.1, 0.15) is 0 Å². The van der Waals surface area contributed by atoms with Crippen molar-refractivity contribution in [1.29, 1.82) is 0 Å². The Morgan fingerprint density at radius 3 is 2.41 bits per heavy atom. The quantitative estimate of drug-likeness (QED) is 0.502. The van der Waals surface area contributed by atoms with E-state index in [-0.39, 0.29) is 49.6 Å². The van der Waals surface area contributed by atoms with Crippen molar-refractivity contribution in [1.82, 2.24) is 16.0 Å². The van der Waals surface area contributed by atoms with Crippen LogP contribution in [0.3, 0.4) is 0 Å². The Morgan fingerprint density at radius 1 is 1.17 bits per heavy atom. The number of methoxy groups -OCH3 is 1. The number of carbonyl (C=O) groups excluding carboxylic acids is 4. The van der Waals surface area contributed by atoms with Crippen LogP contribution < -0.4 is 16.0 Å². The van der Waals surface area contributed by atoms with Crippen LogP contribution in [0.1, 0.15) is 44.9 Å². The lowest BCUT2D eigenvalue weighted by molar-refractivity contribution is -0.214. The highest BCUT2D eigenvalue weighted by Crippen LogP contribution is 2.27. The Hall–Kier alpha value is -2.17. The summed E-state index contributed by atoms with van der Waals surface area (Å²) in [5.74, 6) is -2.28. The Balaban J connectivity index is 1.77. The highest BCUT2D eigenvalue weighted by Gasteiger charge is 2.42. The number of carbonyl (C=O) groups is 4. The molecule has 0 aromatic carbocycles. The van der Waals surface area contributed by atoms with Crippen molar-refractivity contribution < 1.29 is 37.1 Å². The zero-order chi connectivity index (χ0) is 21.6. The van der Waals surface area contributed by atoms with Crippen LogP contribution in [-0.2, 0) is 23.9 Å². The van der Waals surface area contributed by atoms with Crippen LogP contribution >= 0.6 is 0 Å². The first-order valence-electron chi connectivity index (χ1n) is 9.56. The first kappa shape index (κ1) is 23.1. The number of alkyl halides is 3. The molecule has 3 unspecified atom stereocenters. The van der Waals surface area contributed by atoms with Gasteiger partial charge in [-0.15, -0.1) is 0 Å². The summed E-state index contributed by atoms with van der Waals surface area (Å²) < 4.78 is 42.5. The number of imide groups is 1. The molecule has 0 spiro atoms. The van der Waals surface area contributed by atoms with Gasteiger partial charge in [0.05, 0.1) is 6.42 Å². The van der Waals surface area contributed by atoms with Crippen molar-refractivity contribution in [2.24, 2.45) is 11.8 Å². The van der Waals surface area contributed by atoms with E-state index in [1.165, 1.54) is 0 Å². The molecule has 2 rings (SSSR count). The first-order valence-corrected chi connectivity index (χ1v) is 9.56. The topological polar surface area (TPSA) is 114 Å². The molecule has 4 amide bonds. The normalized spacial score (nSPS) is 24.1. The molecule has 2 aliphatic rings. The zero-order valence-electron chi connectivity index (χ0n) is 16.1. The van der Waals surface area contributed by atoms with Crippen LogP contribution in [0, 0.1) is 11.8 Å². The molecule has 0 aromatic rings. The van der Waals surface area contributed by atoms with Gasteiger partial charge in [-0.3, -0.25) is 24.5 Å². The molecule has 1 aliphatic heterocycles. The van der Waals surface area contributed by atoms with Crippen LogP contribution in [-0.4, -0.2) is 55.6 Å². The SMILES string of the molecule is COC(CC(=O)NC1CCCC1CNC(=O)CC1CC(=O)NC(=O)C1)C(F)(F)F. The summed E-state index contributed by atoms with van der Waals surface area (Å²) >= 11 is 0. The largest absolute Gasteiger partial charge is 0.415 e. The van der Waals surface area contributed by atoms with Crippen molar-refractivity contribution in [2.45, 2.75) is 63.3 Å². The molecule has 1 saturated carbocycles. The van der Waals surface area contributed by atoms with Gasteiger partial charge in [0.25, 0.3) is 0 Å². The van der Waals surface area contributed by atoms with E-state index in [2.05, 4.69) is 20.7 Å². The summed E-state index contributed by atoms with van der Waals surface area (Å²) in [6, 6.07) is -0.324. The number of hydrogen-bond acceptors (Lipinski definition) is 5. The van der Waals surface area contributed by atoms with Crippen molar-refractivity contribution in [3.8, 4) is 0 Å². The monoisotopic (exact) mass is 421 g/mol. The second kappa shape index (κ2) is 10.0. The molecule has 29 heavy (non-hydrogen) atoms. The number of piperidine rings is 1. The molecular weight excluding hydrogens is 395 g/mol. The molecule has 1 saturated heterocycles. The van der Waals surface area contributed by atoms with Crippen LogP contribution in [0.2, 0.25) is 0 Å². The summed E-state index contributed by atoms with van der Waals surface area (Å²) in [7, 11) is 0.906. The third-order valence-corrected chi connectivity index (χ3v) is 5.29. The molecule has 11 heteroatoms. The van der Waals surface area contributed by atoms with E-state index in [9.17, 15) is 32.3 Å². The summed E-state index contributed by atoms with van der Waals surface area (Å²) in [6.07, 6.45) is -5.19. The third-order valence-electron chi connectivity index (χ3n) is 5.29. The molecule has 2 fully saturated rings. The van der Waals surface area contributed by atoms with E-state index < -0.39 is 36.4 Å². The molecule has 164 valence electrons. The molecule has 1 heterocycles. The number of nitrogens with one attached hydrogen (secondary N) is 3. The number of ether oxygens (including phenoxy) is 1. The Labute approximate surface area is 166 Å². The lowest BCUT2D eigenvalue weighted by atomic mass is 9.93. The van der Waals surface area contributed by atoms with Crippen molar-refractivity contribution >= 4 is 23.6 Å². The van der Waals surface area contributed by atoms with Crippen molar-refractivity contribution in [2.75, 3.05) is 13.7 Å². The van der Waals surface area contributed by atoms with Gasteiger partial charge in [0, 0.05) is 39.0 Å². The minimum Gasteiger partial charge on any atom is -0.371 e. The van der Waals surface area contributed by atoms with Gasteiger partial charge in [-0.05, 0) is 24.7 Å². The van der Waals surface area contributed by atoms with Crippen molar-refractivity contribution in [3.05, 3.63) is 0 Å². The van der Waals surface area contributed by atoms with Gasteiger partial charge in [0.2, 0.25) is 23.6 Å². The van der Waals surface area contributed by atoms with Gasteiger partial charge < -0.3 is 15.4 Å². The number of hydrogen-bond donors (Lipinski definition) is 3. The molecule has 0 aromatic heterocycles. The molecule has 3 N–H and O–H groups in total. The smallest absolute Gasteiger partial charge is 0.371 e. The minimum atomic E-state index is -4.62. The second-order valence-corrected chi connectivity index (χ2v) is 7.59. The van der Waals surface area contributed by atoms with E-state index in [1.807, 2.05) is 0 Å². The Bertz CT molecular complexity index is 625. The van der Waals surface area contributed by atoms with Gasteiger partial charge >= 0.3 is 6.18 Å². The number of rotatable bonds is 8. The van der Waals surface area contributed by atoms with Crippen LogP contribution in [0.4, 0.5) is 13.2 Å². The molecule has 0 bridgehead atoms. The predicted octanol–water partition coefficient (Wildman–Crippen LogP) is 0.798. The van der Waals surface area contributed by atoms with Crippen LogP contribution in [0.5, 0.6) is 0 Å². The van der Waals surface area contributed by atoms with Crippen molar-refractivity contribution in [3.63, 3.8) is 0 Å². The fourth-order valence-corrected chi connectivity index (χ4v) is 3.82. The molecule has 1 aliphatic carbocycles. The average molecular weight is 421 g/mol. The highest BCUT2D eigenvalue weighted by atomic mass is 19.4. The molecule has 8 nitrogen and oxygen atoms in total. The van der Waals surface area contributed by atoms with Gasteiger partial charge in [-0.25, -0.2) is 0 Å². The summed E-state index contributed by atoms with van der Waals surface area (Å²) in [6.45, 7) is 0.267. The second-order valence-electron chi connectivity index (χ2n) is 7.59. The van der Waals surface area contributed by atoms with Gasteiger partial charge in [-0.2, -0.15) is 13.2 Å². The predicted molar refractivity (Wildman–Crippen MR) is 94.2 cm³/mol. The standard InChI is InChI=1S/C18H26F3N3O5/c1-29-13(18(19,20)21)8-17(28)23-12-4-2-3-11(12)9-22-14(25)5-10-6-15(26)24-16(27)7-10/h10-13H,2-9H2,1H3,(H,22,25)(H,23,28)(H,24,26,27). The van der Waals surface area contributed by atoms with Gasteiger partial charge in [0.15, 0.2) is 6.10 Å². The zero-order valence-corrected chi connectivity index (χ0v) is 16.1. The maximum Gasteiger partial charge on any atom is 0.415 e. The van der Waals surface area contributed by atoms with E-state index in [1.54, 1.807) is 0 Å². The molecule has 0 radical (unpaired) electrons. The average Bonchev–Trinajstić information content (AvgIpc) is 3.02. The maximum atomic E-state index is 12.7. The van der Waals surface area contributed by atoms with Crippen LogP contribution in [0.25, 0.3) is 0 Å². The minimum absolute atomic E-state index is 0.0456. The summed E-state index contributed by atoms with van der Waals surface area (Å²) in [5, 5.41) is 7.54. The van der Waals surface area contributed by atoms with Crippen LogP contribution in [0.15, 0.2) is 0 Å². The molecule has 3 atom stereocenters. The first-order chi connectivity index (χ1) is 13.6. The highest BCUT2D eigenvalue weighted by molar-refractivity contribution is 5.98. The fourth-order valence-electron chi connectivity index (χ4n) is 3.82. The fraction of sp³-hybridized carbons (Fsp3) is 0.778. The maximum absolute atomic E-state index is 12.7. The van der Waals surface area contributed by atoms with E-state index in [0.29, 0.717) is 6.42 Å². The number of amides is 4. The Morgan fingerprint density at radius 2 is 1.83 bits per heavy atom. The van der Waals surface area contributed by atoms with E-state index in [4.69, 9.17) is 0 Å². The van der Waals surface area contributed by atoms with E-state index >= 15 is 0 Å². The Kier molecular flexibility index (Phi) is 8.00. The van der Waals surface area contributed by atoms with E-state index in [0.717, 1.165) is 20.0 Å². The lowest BCUT2D eigenvalue weighted by Crippen LogP contribution is -2.45. The number of halogens is 3. The summed E-state index contributed by atoms with van der Waals surface area (Å²) in [5.41, 5.74) is 0. The molecular formula is C18H26F3N3O5.